The summed E-state index contributed by atoms with van der Waals surface area (Å²) in [4.78, 5) is 39.8. The topological polar surface area (TPSA) is 134 Å². The molecule has 0 saturated carbocycles. The molecular weight excluding hydrogens is 532 g/mol. The average molecular weight is 575 g/mol. The van der Waals surface area contributed by atoms with Crippen molar-refractivity contribution < 1.29 is 24.2 Å². The van der Waals surface area contributed by atoms with Crippen LogP contribution in [-0.4, -0.2) is 59.3 Å². The van der Waals surface area contributed by atoms with Crippen LogP contribution in [0.1, 0.15) is 37.0 Å². The maximum Gasteiger partial charge on any atom is 0.407 e. The Morgan fingerprint density at radius 1 is 0.833 bits per heavy atom. The Labute approximate surface area is 248 Å². The van der Waals surface area contributed by atoms with E-state index in [1.807, 2.05) is 105 Å². The summed E-state index contributed by atoms with van der Waals surface area (Å²) in [7, 11) is 0. The lowest BCUT2D eigenvalue weighted by Crippen LogP contribution is -2.55. The maximum atomic E-state index is 13.4. The van der Waals surface area contributed by atoms with Crippen molar-refractivity contribution in [2.45, 2.75) is 57.9 Å². The SMILES string of the molecule is CC(C)C[C@@H](NC(=O)N(CCc1ccccc1)C[C@H](O)C(Cc1ccccc1)NC(=O)OCc1ccccc1)C(N)=O. The molecule has 3 atom stereocenters. The number of benzene rings is 3. The van der Waals surface area contributed by atoms with E-state index in [0.717, 1.165) is 16.7 Å². The molecule has 9 nitrogen and oxygen atoms in total. The van der Waals surface area contributed by atoms with Crippen LogP contribution in [0.2, 0.25) is 0 Å². The van der Waals surface area contributed by atoms with E-state index >= 15 is 0 Å². The standard InChI is InChI=1S/C33H42N4O5/c1-24(2)20-29(31(34)39)35-32(40)37(19-18-25-12-6-3-7-13-25)22-30(38)28(21-26-14-8-4-9-15-26)36-33(41)42-23-27-16-10-5-11-17-27/h3-17,24,28-30,38H,18-23H2,1-2H3,(H2,34,39)(H,35,40)(H,36,41)/t28?,29-,30+/m1/s1. The number of nitrogens with one attached hydrogen (secondary N) is 2. The van der Waals surface area contributed by atoms with E-state index in [0.29, 0.717) is 19.3 Å². The summed E-state index contributed by atoms with van der Waals surface area (Å²) in [5.41, 5.74) is 8.33. The van der Waals surface area contributed by atoms with Crippen molar-refractivity contribution in [1.29, 1.82) is 0 Å². The fourth-order valence-electron chi connectivity index (χ4n) is 4.56. The van der Waals surface area contributed by atoms with Gasteiger partial charge in [0.05, 0.1) is 18.7 Å². The van der Waals surface area contributed by atoms with Crippen molar-refractivity contribution >= 4 is 18.0 Å². The fraction of sp³-hybridized carbons (Fsp3) is 0.364. The van der Waals surface area contributed by atoms with Crippen LogP contribution in [0.15, 0.2) is 91.0 Å². The highest BCUT2D eigenvalue weighted by Crippen LogP contribution is 2.12. The maximum absolute atomic E-state index is 13.4. The highest BCUT2D eigenvalue weighted by atomic mass is 16.5. The number of ether oxygens (including phenoxy) is 1. The lowest BCUT2D eigenvalue weighted by molar-refractivity contribution is -0.120. The number of hydrogen-bond acceptors (Lipinski definition) is 5. The van der Waals surface area contributed by atoms with Crippen molar-refractivity contribution in [3.05, 3.63) is 108 Å². The van der Waals surface area contributed by atoms with Gasteiger partial charge in [-0.05, 0) is 41.9 Å². The third-order valence-corrected chi connectivity index (χ3v) is 6.84. The van der Waals surface area contributed by atoms with Gasteiger partial charge in [-0.2, -0.15) is 0 Å². The van der Waals surface area contributed by atoms with Crippen molar-refractivity contribution in [3.8, 4) is 0 Å². The first-order valence-electron chi connectivity index (χ1n) is 14.3. The number of nitrogens with zero attached hydrogens (tertiary/aromatic N) is 1. The minimum absolute atomic E-state index is 0.0801. The first-order chi connectivity index (χ1) is 20.2. The van der Waals surface area contributed by atoms with E-state index in [1.165, 1.54) is 4.90 Å². The normalized spacial score (nSPS) is 13.0. The van der Waals surface area contributed by atoms with Crippen LogP contribution in [0.3, 0.4) is 0 Å². The zero-order valence-corrected chi connectivity index (χ0v) is 24.3. The van der Waals surface area contributed by atoms with Gasteiger partial charge in [-0.25, -0.2) is 9.59 Å². The second kappa shape index (κ2) is 16.8. The van der Waals surface area contributed by atoms with Crippen molar-refractivity contribution in [3.63, 3.8) is 0 Å². The number of carbonyl (C=O) groups is 3. The van der Waals surface area contributed by atoms with E-state index in [-0.39, 0.29) is 25.6 Å². The number of aliphatic hydroxyl groups excluding tert-OH is 1. The Hall–Kier alpha value is -4.37. The van der Waals surface area contributed by atoms with E-state index in [9.17, 15) is 19.5 Å². The van der Waals surface area contributed by atoms with Gasteiger partial charge in [0.2, 0.25) is 5.91 Å². The predicted octanol–water partition coefficient (Wildman–Crippen LogP) is 4.04. The number of aliphatic hydroxyl groups is 1. The quantitative estimate of drug-likeness (QED) is 0.217. The second-order valence-corrected chi connectivity index (χ2v) is 10.8. The van der Waals surface area contributed by atoms with Gasteiger partial charge in [-0.1, -0.05) is 105 Å². The molecule has 9 heteroatoms. The molecule has 0 aliphatic heterocycles. The molecule has 0 spiro atoms. The summed E-state index contributed by atoms with van der Waals surface area (Å²) in [6.07, 6.45) is -0.587. The molecule has 0 fully saturated rings. The zero-order valence-electron chi connectivity index (χ0n) is 24.3. The van der Waals surface area contributed by atoms with E-state index < -0.39 is 36.2 Å². The Bertz CT molecular complexity index is 1240. The van der Waals surface area contributed by atoms with Crippen molar-refractivity contribution in [2.24, 2.45) is 11.7 Å². The summed E-state index contributed by atoms with van der Waals surface area (Å²) in [5.74, 6) is -0.488. The summed E-state index contributed by atoms with van der Waals surface area (Å²) in [5, 5.41) is 17.0. The molecule has 0 aliphatic rings. The first-order valence-corrected chi connectivity index (χ1v) is 14.3. The van der Waals surface area contributed by atoms with Gasteiger partial charge in [-0.15, -0.1) is 0 Å². The minimum Gasteiger partial charge on any atom is -0.445 e. The molecule has 0 radical (unpaired) electrons. The minimum atomic E-state index is -1.15. The van der Waals surface area contributed by atoms with Gasteiger partial charge in [0, 0.05) is 6.54 Å². The molecule has 3 aromatic rings. The summed E-state index contributed by atoms with van der Waals surface area (Å²) < 4.78 is 5.41. The monoisotopic (exact) mass is 574 g/mol. The van der Waals surface area contributed by atoms with Crippen LogP contribution in [0.4, 0.5) is 9.59 Å². The van der Waals surface area contributed by atoms with Crippen LogP contribution in [0.25, 0.3) is 0 Å². The number of rotatable bonds is 15. The molecule has 0 aliphatic carbocycles. The molecule has 0 aromatic heterocycles. The van der Waals surface area contributed by atoms with Gasteiger partial charge < -0.3 is 31.1 Å². The molecule has 0 bridgehead atoms. The molecule has 1 unspecified atom stereocenters. The third-order valence-electron chi connectivity index (χ3n) is 6.84. The van der Waals surface area contributed by atoms with Gasteiger partial charge in [0.15, 0.2) is 0 Å². The summed E-state index contributed by atoms with van der Waals surface area (Å²) >= 11 is 0. The van der Waals surface area contributed by atoms with Crippen LogP contribution in [-0.2, 0) is 29.0 Å². The largest absolute Gasteiger partial charge is 0.445 e. The Balaban J connectivity index is 1.76. The van der Waals surface area contributed by atoms with Gasteiger partial charge in [0.1, 0.15) is 12.6 Å². The summed E-state index contributed by atoms with van der Waals surface area (Å²) in [6.45, 7) is 4.14. The smallest absolute Gasteiger partial charge is 0.407 e. The summed E-state index contributed by atoms with van der Waals surface area (Å²) in [6, 6.07) is 26.3. The van der Waals surface area contributed by atoms with Crippen LogP contribution >= 0.6 is 0 Å². The first kappa shape index (κ1) is 32.1. The van der Waals surface area contributed by atoms with Gasteiger partial charge in [-0.3, -0.25) is 4.79 Å². The predicted molar refractivity (Wildman–Crippen MR) is 162 cm³/mol. The number of primary amides is 1. The van der Waals surface area contributed by atoms with E-state index in [4.69, 9.17) is 10.5 Å². The molecule has 224 valence electrons. The number of urea groups is 1. The number of alkyl carbamates (subject to hydrolysis) is 1. The van der Waals surface area contributed by atoms with Crippen molar-refractivity contribution in [1.82, 2.24) is 15.5 Å². The molecule has 3 aromatic carbocycles. The zero-order chi connectivity index (χ0) is 30.3. The molecule has 4 amide bonds. The molecule has 42 heavy (non-hydrogen) atoms. The fourth-order valence-corrected chi connectivity index (χ4v) is 4.56. The van der Waals surface area contributed by atoms with Crippen LogP contribution in [0, 0.1) is 5.92 Å². The highest BCUT2D eigenvalue weighted by Gasteiger charge is 2.29. The lowest BCUT2D eigenvalue weighted by Gasteiger charge is -2.31. The third kappa shape index (κ3) is 11.2. The Morgan fingerprint density at radius 2 is 1.38 bits per heavy atom. The average Bonchev–Trinajstić information content (AvgIpc) is 2.98. The van der Waals surface area contributed by atoms with Crippen molar-refractivity contribution in [2.75, 3.05) is 13.1 Å². The van der Waals surface area contributed by atoms with E-state index in [1.54, 1.807) is 0 Å². The molecule has 3 rings (SSSR count). The lowest BCUT2D eigenvalue weighted by atomic mass is 10.0. The molecular formula is C33H42N4O5. The van der Waals surface area contributed by atoms with Crippen LogP contribution in [0.5, 0.6) is 0 Å². The number of amides is 4. The van der Waals surface area contributed by atoms with E-state index in [2.05, 4.69) is 10.6 Å². The molecule has 0 heterocycles. The highest BCUT2D eigenvalue weighted by molar-refractivity contribution is 5.86. The van der Waals surface area contributed by atoms with Crippen LogP contribution < -0.4 is 16.4 Å². The number of nitrogens with two attached hydrogens (primary N) is 1. The molecule has 5 N–H and O–H groups in total. The Morgan fingerprint density at radius 3 is 1.93 bits per heavy atom. The Kier molecular flexibility index (Phi) is 12.9. The number of hydrogen-bond donors (Lipinski definition) is 4. The number of carbonyl (C=O) groups excluding carboxylic acids is 3. The van der Waals surface area contributed by atoms with Gasteiger partial charge in [0.25, 0.3) is 0 Å². The second-order valence-electron chi connectivity index (χ2n) is 10.8. The van der Waals surface area contributed by atoms with Gasteiger partial charge >= 0.3 is 12.1 Å². The molecule has 0 saturated heterocycles.